The molecule has 0 radical (unpaired) electrons. The number of nitriles is 1. The number of hydrogen-bond donors (Lipinski definition) is 0. The first-order valence-corrected chi connectivity index (χ1v) is 5.68. The fraction of sp³-hybridized carbons (Fsp3) is 0.250. The molecule has 15 heavy (non-hydrogen) atoms. The van der Waals surface area contributed by atoms with Gasteiger partial charge in [0, 0.05) is 28.8 Å². The van der Waals surface area contributed by atoms with Crippen molar-refractivity contribution in [2.24, 2.45) is 0 Å². The maximum Gasteiger partial charge on any atom is 0.0945 e. The van der Waals surface area contributed by atoms with Gasteiger partial charge in [-0.2, -0.15) is 5.26 Å². The number of rotatable bonds is 1. The van der Waals surface area contributed by atoms with Crippen LogP contribution in [0.1, 0.15) is 6.42 Å². The molecule has 0 saturated heterocycles. The first-order chi connectivity index (χ1) is 7.29. The van der Waals surface area contributed by atoms with Crippen LogP contribution in [-0.4, -0.2) is 13.1 Å². The Hall–Kier alpha value is -1.27. The van der Waals surface area contributed by atoms with Gasteiger partial charge in [0.1, 0.15) is 0 Å². The highest BCUT2D eigenvalue weighted by Crippen LogP contribution is 2.21. The van der Waals surface area contributed by atoms with Gasteiger partial charge in [-0.1, -0.05) is 22.0 Å². The Bertz CT molecular complexity index is 414. The average molecular weight is 263 g/mol. The van der Waals surface area contributed by atoms with Gasteiger partial charge in [0.15, 0.2) is 0 Å². The molecule has 0 fully saturated rings. The molecule has 1 aliphatic heterocycles. The second kappa shape index (κ2) is 4.50. The van der Waals surface area contributed by atoms with Crippen LogP contribution in [0, 0.1) is 11.3 Å². The summed E-state index contributed by atoms with van der Waals surface area (Å²) in [4.78, 5) is 2.27. The van der Waals surface area contributed by atoms with Gasteiger partial charge in [-0.15, -0.1) is 0 Å². The van der Waals surface area contributed by atoms with Gasteiger partial charge in [-0.05, 0) is 30.7 Å². The molecule has 0 aliphatic carbocycles. The van der Waals surface area contributed by atoms with Crippen LogP contribution in [0.15, 0.2) is 40.4 Å². The minimum absolute atomic E-state index is 0.838. The summed E-state index contributed by atoms with van der Waals surface area (Å²) >= 11 is 3.42. The van der Waals surface area contributed by atoms with E-state index < -0.39 is 0 Å². The Morgan fingerprint density at radius 1 is 1.27 bits per heavy atom. The predicted molar refractivity (Wildman–Crippen MR) is 64.7 cm³/mol. The zero-order chi connectivity index (χ0) is 10.7. The van der Waals surface area contributed by atoms with Crippen molar-refractivity contribution < 1.29 is 0 Å². The van der Waals surface area contributed by atoms with Crippen LogP contribution < -0.4 is 4.90 Å². The largest absolute Gasteiger partial charge is 0.367 e. The van der Waals surface area contributed by atoms with Gasteiger partial charge in [-0.25, -0.2) is 0 Å². The van der Waals surface area contributed by atoms with E-state index in [-0.39, 0.29) is 0 Å². The fourth-order valence-electron chi connectivity index (χ4n) is 1.66. The summed E-state index contributed by atoms with van der Waals surface area (Å²) in [7, 11) is 0. The van der Waals surface area contributed by atoms with Gasteiger partial charge < -0.3 is 4.90 Å². The third-order valence-electron chi connectivity index (χ3n) is 2.54. The van der Waals surface area contributed by atoms with E-state index in [1.165, 1.54) is 5.69 Å². The molecule has 0 aromatic heterocycles. The Labute approximate surface area is 97.9 Å². The number of halogens is 1. The normalized spacial score (nSPS) is 15.7. The van der Waals surface area contributed by atoms with E-state index in [9.17, 15) is 0 Å². The summed E-state index contributed by atoms with van der Waals surface area (Å²) in [6.07, 6.45) is 2.86. The highest BCUT2D eigenvalue weighted by Gasteiger charge is 2.11. The lowest BCUT2D eigenvalue weighted by Crippen LogP contribution is -2.28. The third kappa shape index (κ3) is 2.40. The molecule has 76 valence electrons. The Kier molecular flexibility index (Phi) is 3.08. The van der Waals surface area contributed by atoms with Gasteiger partial charge in [0.2, 0.25) is 0 Å². The van der Waals surface area contributed by atoms with Crippen LogP contribution in [0.3, 0.4) is 0 Å². The molecule has 3 heteroatoms. The van der Waals surface area contributed by atoms with Crippen LogP contribution in [-0.2, 0) is 0 Å². The van der Waals surface area contributed by atoms with Crippen molar-refractivity contribution in [3.05, 3.63) is 40.4 Å². The molecule has 2 nitrogen and oxygen atoms in total. The molecule has 0 bridgehead atoms. The SMILES string of the molecule is N#CC1=CCN(c2ccc(Br)cc2)CC1. The summed E-state index contributed by atoms with van der Waals surface area (Å²) in [5.74, 6) is 0. The number of hydrogen-bond acceptors (Lipinski definition) is 2. The minimum atomic E-state index is 0.838. The van der Waals surface area contributed by atoms with E-state index in [4.69, 9.17) is 5.26 Å². The fourth-order valence-corrected chi connectivity index (χ4v) is 1.92. The molecule has 0 atom stereocenters. The maximum absolute atomic E-state index is 8.74. The Morgan fingerprint density at radius 3 is 2.53 bits per heavy atom. The zero-order valence-electron chi connectivity index (χ0n) is 8.28. The number of nitrogens with zero attached hydrogens (tertiary/aromatic N) is 2. The first kappa shape index (κ1) is 10.3. The summed E-state index contributed by atoms with van der Waals surface area (Å²) in [5, 5.41) is 8.74. The molecule has 0 N–H and O–H groups in total. The monoisotopic (exact) mass is 262 g/mol. The van der Waals surface area contributed by atoms with E-state index >= 15 is 0 Å². The second-order valence-corrected chi connectivity index (χ2v) is 4.43. The van der Waals surface area contributed by atoms with Crippen molar-refractivity contribution in [1.82, 2.24) is 0 Å². The Balaban J connectivity index is 2.12. The first-order valence-electron chi connectivity index (χ1n) is 4.89. The molecule has 0 unspecified atom stereocenters. The lowest BCUT2D eigenvalue weighted by molar-refractivity contribution is 0.802. The molecule has 2 rings (SSSR count). The number of anilines is 1. The zero-order valence-corrected chi connectivity index (χ0v) is 9.87. The summed E-state index contributed by atoms with van der Waals surface area (Å²) in [5.41, 5.74) is 2.12. The lowest BCUT2D eigenvalue weighted by atomic mass is 10.1. The third-order valence-corrected chi connectivity index (χ3v) is 3.07. The highest BCUT2D eigenvalue weighted by atomic mass is 79.9. The van der Waals surface area contributed by atoms with Gasteiger partial charge in [0.25, 0.3) is 0 Å². The summed E-state index contributed by atoms with van der Waals surface area (Å²) in [6.45, 7) is 1.77. The Morgan fingerprint density at radius 2 is 2.00 bits per heavy atom. The van der Waals surface area contributed by atoms with Crippen LogP contribution in [0.25, 0.3) is 0 Å². The van der Waals surface area contributed by atoms with Crippen LogP contribution in [0.4, 0.5) is 5.69 Å². The predicted octanol–water partition coefficient (Wildman–Crippen LogP) is 3.11. The molecule has 0 saturated carbocycles. The van der Waals surface area contributed by atoms with Crippen LogP contribution >= 0.6 is 15.9 Å². The van der Waals surface area contributed by atoms with Gasteiger partial charge in [-0.3, -0.25) is 0 Å². The molecule has 0 spiro atoms. The molecule has 0 amide bonds. The van der Waals surface area contributed by atoms with Crippen molar-refractivity contribution >= 4 is 21.6 Å². The van der Waals surface area contributed by atoms with Crippen molar-refractivity contribution in [3.8, 4) is 6.07 Å². The van der Waals surface area contributed by atoms with Crippen molar-refractivity contribution in [3.63, 3.8) is 0 Å². The average Bonchev–Trinajstić information content (AvgIpc) is 2.30. The summed E-state index contributed by atoms with van der Waals surface area (Å²) in [6, 6.07) is 10.5. The van der Waals surface area contributed by atoms with E-state index in [1.807, 2.05) is 18.2 Å². The minimum Gasteiger partial charge on any atom is -0.367 e. The molecule has 1 aromatic rings. The quantitative estimate of drug-likeness (QED) is 0.778. The van der Waals surface area contributed by atoms with Crippen LogP contribution in [0.5, 0.6) is 0 Å². The smallest absolute Gasteiger partial charge is 0.0945 e. The molecule has 1 aliphatic rings. The lowest BCUT2D eigenvalue weighted by Gasteiger charge is -2.26. The molecular weight excluding hydrogens is 252 g/mol. The van der Waals surface area contributed by atoms with E-state index in [0.717, 1.165) is 29.6 Å². The molecular formula is C12H11BrN2. The van der Waals surface area contributed by atoms with Crippen molar-refractivity contribution in [2.75, 3.05) is 18.0 Å². The summed E-state index contributed by atoms with van der Waals surface area (Å²) < 4.78 is 1.09. The second-order valence-electron chi connectivity index (χ2n) is 3.51. The van der Waals surface area contributed by atoms with Crippen molar-refractivity contribution in [1.29, 1.82) is 5.26 Å². The molecule has 1 heterocycles. The van der Waals surface area contributed by atoms with Crippen LogP contribution in [0.2, 0.25) is 0 Å². The van der Waals surface area contributed by atoms with Crippen molar-refractivity contribution in [2.45, 2.75) is 6.42 Å². The standard InChI is InChI=1S/C12H11BrN2/c13-11-1-3-12(4-2-11)15-7-5-10(9-14)6-8-15/h1-5H,6-8H2. The topological polar surface area (TPSA) is 27.0 Å². The van der Waals surface area contributed by atoms with Gasteiger partial charge in [0.05, 0.1) is 6.07 Å². The van der Waals surface area contributed by atoms with E-state index in [0.29, 0.717) is 0 Å². The highest BCUT2D eigenvalue weighted by molar-refractivity contribution is 9.10. The van der Waals surface area contributed by atoms with E-state index in [2.05, 4.69) is 39.0 Å². The van der Waals surface area contributed by atoms with E-state index in [1.54, 1.807) is 0 Å². The van der Waals surface area contributed by atoms with Gasteiger partial charge >= 0.3 is 0 Å². The molecule has 1 aromatic carbocycles. The maximum atomic E-state index is 8.74. The number of benzene rings is 1.